The van der Waals surface area contributed by atoms with Crippen LogP contribution in [0.5, 0.6) is 0 Å². The number of fused-ring (bicyclic) bond motifs is 2. The monoisotopic (exact) mass is 378 g/mol. The third-order valence-corrected chi connectivity index (χ3v) is 5.38. The number of aromatic nitrogens is 2. The van der Waals surface area contributed by atoms with Gasteiger partial charge in [0, 0.05) is 28.9 Å². The number of benzene rings is 2. The van der Waals surface area contributed by atoms with E-state index in [1.54, 1.807) is 12.5 Å². The van der Waals surface area contributed by atoms with Crippen LogP contribution < -0.4 is 0 Å². The molecule has 5 aromatic rings. The Morgan fingerprint density at radius 3 is 2.45 bits per heavy atom. The second-order valence-electron chi connectivity index (χ2n) is 8.42. The highest BCUT2D eigenvalue weighted by molar-refractivity contribution is 5.93. The zero-order chi connectivity index (χ0) is 20.0. The van der Waals surface area contributed by atoms with Gasteiger partial charge in [0.25, 0.3) is 0 Å². The highest BCUT2D eigenvalue weighted by Crippen LogP contribution is 2.35. The molecule has 0 amide bonds. The zero-order valence-corrected chi connectivity index (χ0v) is 16.8. The maximum absolute atomic E-state index is 5.54. The molecule has 0 radical (unpaired) electrons. The van der Waals surface area contributed by atoms with Crippen molar-refractivity contribution in [2.24, 2.45) is 0 Å². The number of hydrogen-bond donors (Lipinski definition) is 0. The average molecular weight is 378 g/mol. The van der Waals surface area contributed by atoms with Crippen molar-refractivity contribution in [1.29, 1.82) is 0 Å². The van der Waals surface area contributed by atoms with Crippen LogP contribution >= 0.6 is 0 Å². The fourth-order valence-electron chi connectivity index (χ4n) is 3.94. The highest BCUT2D eigenvalue weighted by Gasteiger charge is 2.19. The molecule has 3 heterocycles. The lowest BCUT2D eigenvalue weighted by Gasteiger charge is -2.22. The average Bonchev–Trinajstić information content (AvgIpc) is 3.21. The Bertz CT molecular complexity index is 1340. The van der Waals surface area contributed by atoms with E-state index in [2.05, 4.69) is 73.2 Å². The molecule has 0 bridgehead atoms. The van der Waals surface area contributed by atoms with Crippen LogP contribution in [0.25, 0.3) is 44.3 Å². The van der Waals surface area contributed by atoms with Gasteiger partial charge in [-0.15, -0.1) is 0 Å². The number of hydrogen-bond acceptors (Lipinski definition) is 3. The molecule has 0 aliphatic rings. The van der Waals surface area contributed by atoms with Gasteiger partial charge in [0.2, 0.25) is 0 Å². The predicted molar refractivity (Wildman–Crippen MR) is 119 cm³/mol. The molecule has 0 aliphatic carbocycles. The molecule has 0 fully saturated rings. The summed E-state index contributed by atoms with van der Waals surface area (Å²) in [7, 11) is 0. The second kappa shape index (κ2) is 6.56. The van der Waals surface area contributed by atoms with Gasteiger partial charge in [-0.1, -0.05) is 45.0 Å². The van der Waals surface area contributed by atoms with Crippen LogP contribution in [0.2, 0.25) is 0 Å². The topological polar surface area (TPSA) is 38.9 Å². The first-order valence-corrected chi connectivity index (χ1v) is 9.83. The molecule has 2 aromatic carbocycles. The Morgan fingerprint density at radius 1 is 0.759 bits per heavy atom. The fourth-order valence-corrected chi connectivity index (χ4v) is 3.94. The van der Waals surface area contributed by atoms with Gasteiger partial charge in [-0.05, 0) is 58.1 Å². The largest absolute Gasteiger partial charge is 0.464 e. The lowest BCUT2D eigenvalue weighted by atomic mass is 9.82. The molecule has 3 nitrogen and oxygen atoms in total. The van der Waals surface area contributed by atoms with Gasteiger partial charge < -0.3 is 4.42 Å². The van der Waals surface area contributed by atoms with Crippen molar-refractivity contribution in [3.63, 3.8) is 0 Å². The molecule has 142 valence electrons. The van der Waals surface area contributed by atoms with Gasteiger partial charge in [0.05, 0.1) is 17.7 Å². The number of furan rings is 1. The van der Waals surface area contributed by atoms with Crippen molar-refractivity contribution in [3.05, 3.63) is 84.9 Å². The lowest BCUT2D eigenvalue weighted by Crippen LogP contribution is -2.12. The second-order valence-corrected chi connectivity index (χ2v) is 8.42. The maximum Gasteiger partial charge on any atom is 0.137 e. The van der Waals surface area contributed by atoms with Crippen LogP contribution in [0.15, 0.2) is 83.7 Å². The van der Waals surface area contributed by atoms with Crippen LogP contribution in [0.1, 0.15) is 26.3 Å². The molecule has 3 aromatic heterocycles. The van der Waals surface area contributed by atoms with Crippen LogP contribution in [0.4, 0.5) is 0 Å². The van der Waals surface area contributed by atoms with Crippen molar-refractivity contribution < 1.29 is 4.42 Å². The highest BCUT2D eigenvalue weighted by atomic mass is 16.3. The maximum atomic E-state index is 5.54. The first-order chi connectivity index (χ1) is 14.0. The Balaban J connectivity index is 1.70. The number of pyridine rings is 2. The van der Waals surface area contributed by atoms with Gasteiger partial charge in [0.15, 0.2) is 0 Å². The summed E-state index contributed by atoms with van der Waals surface area (Å²) in [5.74, 6) is 0. The summed E-state index contributed by atoms with van der Waals surface area (Å²) in [6.07, 6.45) is 5.35. The van der Waals surface area contributed by atoms with E-state index in [1.165, 1.54) is 16.3 Å². The summed E-state index contributed by atoms with van der Waals surface area (Å²) in [4.78, 5) is 9.28. The summed E-state index contributed by atoms with van der Waals surface area (Å²) in [6.45, 7) is 6.77. The number of rotatable bonds is 2. The third-order valence-electron chi connectivity index (χ3n) is 5.38. The minimum absolute atomic E-state index is 0.0389. The lowest BCUT2D eigenvalue weighted by molar-refractivity contribution is 0.596. The first kappa shape index (κ1) is 17.6. The van der Waals surface area contributed by atoms with Gasteiger partial charge in [-0.3, -0.25) is 9.97 Å². The van der Waals surface area contributed by atoms with E-state index in [0.29, 0.717) is 0 Å². The minimum atomic E-state index is 0.0389. The molecule has 29 heavy (non-hydrogen) atoms. The van der Waals surface area contributed by atoms with E-state index in [-0.39, 0.29) is 5.41 Å². The van der Waals surface area contributed by atoms with Gasteiger partial charge in [0.1, 0.15) is 5.58 Å². The van der Waals surface area contributed by atoms with E-state index in [0.717, 1.165) is 33.5 Å². The van der Waals surface area contributed by atoms with Gasteiger partial charge in [-0.2, -0.15) is 0 Å². The third kappa shape index (κ3) is 3.09. The SMILES string of the molecule is CC(C)(C)c1cc(-c2cc(-c3nccc4occc34)ccn2)cc2ccccc12. The minimum Gasteiger partial charge on any atom is -0.464 e. The molecule has 0 unspecified atom stereocenters. The molecule has 5 rings (SSSR count). The Kier molecular flexibility index (Phi) is 3.99. The summed E-state index contributed by atoms with van der Waals surface area (Å²) in [5, 5.41) is 3.54. The summed E-state index contributed by atoms with van der Waals surface area (Å²) >= 11 is 0. The van der Waals surface area contributed by atoms with E-state index in [9.17, 15) is 0 Å². The fraction of sp³-hybridized carbons (Fsp3) is 0.154. The summed E-state index contributed by atoms with van der Waals surface area (Å²) in [6, 6.07) is 21.0. The molecular formula is C26H22N2O. The normalized spacial score (nSPS) is 12.0. The molecule has 3 heteroatoms. The van der Waals surface area contributed by atoms with Crippen molar-refractivity contribution in [2.45, 2.75) is 26.2 Å². The van der Waals surface area contributed by atoms with Gasteiger partial charge in [-0.25, -0.2) is 0 Å². The van der Waals surface area contributed by atoms with Crippen molar-refractivity contribution in [3.8, 4) is 22.5 Å². The smallest absolute Gasteiger partial charge is 0.137 e. The molecule has 0 saturated heterocycles. The van der Waals surface area contributed by atoms with Crippen molar-refractivity contribution in [2.75, 3.05) is 0 Å². The standard InChI is InChI=1S/C26H22N2O/c1-26(2,3)22-15-19(14-17-6-4-5-7-20(17)22)23-16-18(8-11-27-23)25-21-10-13-29-24(21)9-12-28-25/h4-16H,1-3H3. The Hall–Kier alpha value is -3.46. The molecule has 0 atom stereocenters. The molecule has 0 saturated carbocycles. The van der Waals surface area contributed by atoms with Crippen molar-refractivity contribution >= 4 is 21.7 Å². The van der Waals surface area contributed by atoms with Gasteiger partial charge >= 0.3 is 0 Å². The Labute approximate surface area is 170 Å². The molecule has 0 N–H and O–H groups in total. The summed E-state index contributed by atoms with van der Waals surface area (Å²) in [5.41, 5.74) is 6.22. The van der Waals surface area contributed by atoms with E-state index in [4.69, 9.17) is 4.42 Å². The first-order valence-electron chi connectivity index (χ1n) is 9.83. The molecule has 0 spiro atoms. The number of nitrogens with zero attached hydrogens (tertiary/aromatic N) is 2. The van der Waals surface area contributed by atoms with Crippen LogP contribution in [-0.2, 0) is 5.41 Å². The van der Waals surface area contributed by atoms with E-state index in [1.807, 2.05) is 24.4 Å². The Morgan fingerprint density at radius 2 is 1.59 bits per heavy atom. The van der Waals surface area contributed by atoms with Crippen molar-refractivity contribution in [1.82, 2.24) is 9.97 Å². The molecule has 0 aliphatic heterocycles. The summed E-state index contributed by atoms with van der Waals surface area (Å²) < 4.78 is 5.54. The predicted octanol–water partition coefficient (Wildman–Crippen LogP) is 7.01. The van der Waals surface area contributed by atoms with Crippen LogP contribution in [0.3, 0.4) is 0 Å². The quantitative estimate of drug-likeness (QED) is 0.332. The van der Waals surface area contributed by atoms with Crippen LogP contribution in [0, 0.1) is 0 Å². The van der Waals surface area contributed by atoms with Crippen LogP contribution in [-0.4, -0.2) is 9.97 Å². The van der Waals surface area contributed by atoms with E-state index < -0.39 is 0 Å². The van der Waals surface area contributed by atoms with E-state index >= 15 is 0 Å². The zero-order valence-electron chi connectivity index (χ0n) is 16.8. The molecular weight excluding hydrogens is 356 g/mol.